The third-order valence-electron chi connectivity index (χ3n) is 5.28. The fourth-order valence-electron chi connectivity index (χ4n) is 4.02. The van der Waals surface area contributed by atoms with Gasteiger partial charge in [0.1, 0.15) is 5.69 Å². The van der Waals surface area contributed by atoms with Crippen LogP contribution in [0.3, 0.4) is 0 Å². The molecular weight excluding hydrogens is 284 g/mol. The fourth-order valence-corrected chi connectivity index (χ4v) is 4.25. The highest BCUT2D eigenvalue weighted by atomic mass is 35.5. The van der Waals surface area contributed by atoms with E-state index in [4.69, 9.17) is 11.6 Å². The number of hydrogen-bond donors (Lipinski definition) is 1. The van der Waals surface area contributed by atoms with Gasteiger partial charge in [0.25, 0.3) is 5.91 Å². The molecule has 1 spiro atoms. The third kappa shape index (κ3) is 1.98. The summed E-state index contributed by atoms with van der Waals surface area (Å²) in [4.78, 5) is 18.1. The molecule has 4 rings (SSSR count). The van der Waals surface area contributed by atoms with E-state index in [1.54, 1.807) is 0 Å². The van der Waals surface area contributed by atoms with Gasteiger partial charge in [0.2, 0.25) is 0 Å². The van der Waals surface area contributed by atoms with Crippen molar-refractivity contribution in [3.63, 3.8) is 0 Å². The largest absolute Gasteiger partial charge is 0.349 e. The molecule has 2 heterocycles. The zero-order valence-corrected chi connectivity index (χ0v) is 12.9. The lowest BCUT2D eigenvalue weighted by Crippen LogP contribution is -2.37. The molecule has 1 aliphatic heterocycles. The number of carbonyl (C=O) groups excluding carboxylic acids is 1. The topological polar surface area (TPSA) is 36.1 Å². The number of benzene rings is 1. The molecule has 4 heteroatoms. The monoisotopic (exact) mass is 302 g/mol. The van der Waals surface area contributed by atoms with Gasteiger partial charge in [-0.3, -0.25) is 4.79 Å². The summed E-state index contributed by atoms with van der Waals surface area (Å²) in [6.45, 7) is 3.08. The van der Waals surface area contributed by atoms with Crippen LogP contribution >= 0.6 is 11.6 Å². The predicted molar refractivity (Wildman–Crippen MR) is 84.7 cm³/mol. The summed E-state index contributed by atoms with van der Waals surface area (Å²) >= 11 is 6.18. The van der Waals surface area contributed by atoms with Crippen LogP contribution in [0.2, 0.25) is 5.02 Å². The fraction of sp³-hybridized carbons (Fsp3) is 0.471. The van der Waals surface area contributed by atoms with Crippen molar-refractivity contribution in [2.45, 2.75) is 38.6 Å². The minimum Gasteiger partial charge on any atom is -0.349 e. The molecule has 2 fully saturated rings. The van der Waals surface area contributed by atoms with Crippen LogP contribution in [0.25, 0.3) is 10.9 Å². The van der Waals surface area contributed by atoms with Gasteiger partial charge in [-0.1, -0.05) is 30.2 Å². The molecule has 2 aromatic rings. The second-order valence-electron chi connectivity index (χ2n) is 6.73. The van der Waals surface area contributed by atoms with E-state index in [1.807, 2.05) is 29.2 Å². The Morgan fingerprint density at radius 2 is 2.24 bits per heavy atom. The number of amides is 1. The van der Waals surface area contributed by atoms with Crippen molar-refractivity contribution in [2.24, 2.45) is 5.41 Å². The lowest BCUT2D eigenvalue weighted by molar-refractivity contribution is 0.0696. The normalized spacial score (nSPS) is 23.7. The molecule has 1 saturated carbocycles. The van der Waals surface area contributed by atoms with Crippen LogP contribution < -0.4 is 0 Å². The maximum Gasteiger partial charge on any atom is 0.270 e. The van der Waals surface area contributed by atoms with Gasteiger partial charge < -0.3 is 9.88 Å². The number of aromatic nitrogens is 1. The number of H-pyrrole nitrogens is 1. The maximum atomic E-state index is 12.8. The lowest BCUT2D eigenvalue weighted by atomic mass is 9.68. The number of nitrogens with one attached hydrogen (secondary N) is 1. The molecule has 110 valence electrons. The van der Waals surface area contributed by atoms with Gasteiger partial charge in [-0.25, -0.2) is 0 Å². The molecule has 1 aromatic heterocycles. The molecule has 1 atom stereocenters. The second-order valence-corrected chi connectivity index (χ2v) is 7.13. The van der Waals surface area contributed by atoms with Crippen LogP contribution in [-0.4, -0.2) is 28.4 Å². The molecule has 3 nitrogen and oxygen atoms in total. The second kappa shape index (κ2) is 4.51. The van der Waals surface area contributed by atoms with Crippen molar-refractivity contribution in [1.29, 1.82) is 0 Å². The van der Waals surface area contributed by atoms with Crippen molar-refractivity contribution in [1.82, 2.24) is 9.88 Å². The Labute approximate surface area is 129 Å². The smallest absolute Gasteiger partial charge is 0.270 e. The van der Waals surface area contributed by atoms with E-state index in [0.717, 1.165) is 23.9 Å². The van der Waals surface area contributed by atoms with Crippen molar-refractivity contribution >= 4 is 28.4 Å². The van der Waals surface area contributed by atoms with E-state index >= 15 is 0 Å². The van der Waals surface area contributed by atoms with Gasteiger partial charge in [-0.15, -0.1) is 0 Å². The average molecular weight is 303 g/mol. The number of halogens is 1. The highest BCUT2D eigenvalue weighted by Crippen LogP contribution is 2.50. The maximum absolute atomic E-state index is 12.8. The summed E-state index contributed by atoms with van der Waals surface area (Å²) in [7, 11) is 0. The highest BCUT2D eigenvalue weighted by Gasteiger charge is 2.47. The molecule has 1 aliphatic carbocycles. The molecule has 1 N–H and O–H groups in total. The van der Waals surface area contributed by atoms with Gasteiger partial charge in [0, 0.05) is 18.0 Å². The van der Waals surface area contributed by atoms with E-state index in [2.05, 4.69) is 11.9 Å². The van der Waals surface area contributed by atoms with Gasteiger partial charge >= 0.3 is 0 Å². The molecule has 1 saturated heterocycles. The Hall–Kier alpha value is -1.48. The summed E-state index contributed by atoms with van der Waals surface area (Å²) in [5.41, 5.74) is 1.92. The zero-order valence-electron chi connectivity index (χ0n) is 12.2. The Morgan fingerprint density at radius 3 is 2.86 bits per heavy atom. The van der Waals surface area contributed by atoms with Gasteiger partial charge in [0.05, 0.1) is 10.5 Å². The van der Waals surface area contributed by atoms with E-state index < -0.39 is 0 Å². The van der Waals surface area contributed by atoms with Crippen LogP contribution in [0.4, 0.5) is 0 Å². The Balaban J connectivity index is 1.65. The first kappa shape index (κ1) is 13.2. The predicted octanol–water partition coefficient (Wildman–Crippen LogP) is 4.23. The molecule has 2 aliphatic rings. The minimum absolute atomic E-state index is 0.110. The zero-order chi connectivity index (χ0) is 14.6. The number of aromatic amines is 1. The van der Waals surface area contributed by atoms with Crippen LogP contribution in [0.15, 0.2) is 24.3 Å². The summed E-state index contributed by atoms with van der Waals surface area (Å²) < 4.78 is 0. The summed E-state index contributed by atoms with van der Waals surface area (Å²) in [5.74, 6) is 0.110. The summed E-state index contributed by atoms with van der Waals surface area (Å²) in [6, 6.07) is 7.99. The molecule has 21 heavy (non-hydrogen) atoms. The number of hydrogen-bond acceptors (Lipinski definition) is 1. The number of carbonyl (C=O) groups is 1. The molecular formula is C17H19ClN2O. The van der Waals surface area contributed by atoms with Crippen LogP contribution in [0, 0.1) is 5.41 Å². The van der Waals surface area contributed by atoms with Crippen LogP contribution in [-0.2, 0) is 0 Å². The first-order valence-corrected chi connectivity index (χ1v) is 8.04. The highest BCUT2D eigenvalue weighted by molar-refractivity contribution is 6.35. The van der Waals surface area contributed by atoms with E-state index in [9.17, 15) is 4.79 Å². The van der Waals surface area contributed by atoms with E-state index in [0.29, 0.717) is 22.2 Å². The SMILES string of the molecule is CC1CC2(CCC2)CN1C(=O)c1cc2cccc(Cl)c2[nH]1. The van der Waals surface area contributed by atoms with Crippen molar-refractivity contribution in [3.05, 3.63) is 35.0 Å². The third-order valence-corrected chi connectivity index (χ3v) is 5.59. The number of nitrogens with zero attached hydrogens (tertiary/aromatic N) is 1. The molecule has 1 amide bonds. The molecule has 0 bridgehead atoms. The van der Waals surface area contributed by atoms with E-state index in [1.165, 1.54) is 19.3 Å². The number of rotatable bonds is 1. The van der Waals surface area contributed by atoms with Gasteiger partial charge in [-0.2, -0.15) is 0 Å². The Morgan fingerprint density at radius 1 is 1.43 bits per heavy atom. The standard InChI is InChI=1S/C17H19ClN2O/c1-11-9-17(6-3-7-17)10-20(11)16(21)14-8-12-4-2-5-13(18)15(12)19-14/h2,4-5,8,11,19H,3,6-7,9-10H2,1H3. The Kier molecular flexibility index (Phi) is 2.83. The van der Waals surface area contributed by atoms with Gasteiger partial charge in [-0.05, 0) is 43.7 Å². The summed E-state index contributed by atoms with van der Waals surface area (Å²) in [6.07, 6.45) is 5.02. The number of fused-ring (bicyclic) bond motifs is 1. The van der Waals surface area contributed by atoms with Crippen LogP contribution in [0.1, 0.15) is 43.1 Å². The van der Waals surface area contributed by atoms with Crippen molar-refractivity contribution in [3.8, 4) is 0 Å². The van der Waals surface area contributed by atoms with Gasteiger partial charge in [0.15, 0.2) is 0 Å². The van der Waals surface area contributed by atoms with E-state index in [-0.39, 0.29) is 5.91 Å². The Bertz CT molecular complexity index is 717. The van der Waals surface area contributed by atoms with Crippen molar-refractivity contribution in [2.75, 3.05) is 6.54 Å². The first-order chi connectivity index (χ1) is 10.1. The number of likely N-dealkylation sites (tertiary alicyclic amines) is 1. The number of para-hydroxylation sites is 1. The summed E-state index contributed by atoms with van der Waals surface area (Å²) in [5, 5.41) is 1.66. The van der Waals surface area contributed by atoms with Crippen LogP contribution in [0.5, 0.6) is 0 Å². The quantitative estimate of drug-likeness (QED) is 0.841. The molecule has 0 radical (unpaired) electrons. The van der Waals surface area contributed by atoms with Crippen molar-refractivity contribution < 1.29 is 4.79 Å². The minimum atomic E-state index is 0.110. The average Bonchev–Trinajstić information content (AvgIpc) is 3.00. The molecule has 1 aromatic carbocycles. The lowest BCUT2D eigenvalue weighted by Gasteiger charge is -2.37. The molecule has 1 unspecified atom stereocenters. The first-order valence-electron chi connectivity index (χ1n) is 7.66.